The summed E-state index contributed by atoms with van der Waals surface area (Å²) in [5.74, 6) is -0.526. The second kappa shape index (κ2) is 17.6. The molecule has 1 heterocycles. The SMILES string of the molecule is CCCCCCCC/C=C\CCCCCCCC(=O)O[C@H]1O[C@H](CO)[C@@H](O)[C@H](O)[C@@H]1O. The van der Waals surface area contributed by atoms with Crippen molar-refractivity contribution in [1.29, 1.82) is 0 Å². The lowest BCUT2D eigenvalue weighted by Gasteiger charge is -2.39. The van der Waals surface area contributed by atoms with Gasteiger partial charge in [0.25, 0.3) is 0 Å². The van der Waals surface area contributed by atoms with E-state index in [9.17, 15) is 20.1 Å². The van der Waals surface area contributed by atoms with Crippen molar-refractivity contribution in [2.24, 2.45) is 0 Å². The lowest BCUT2D eigenvalue weighted by molar-refractivity contribution is -0.292. The molecule has 7 nitrogen and oxygen atoms in total. The van der Waals surface area contributed by atoms with Crippen molar-refractivity contribution in [1.82, 2.24) is 0 Å². The van der Waals surface area contributed by atoms with Crippen molar-refractivity contribution in [3.63, 3.8) is 0 Å². The van der Waals surface area contributed by atoms with E-state index in [-0.39, 0.29) is 6.42 Å². The van der Waals surface area contributed by atoms with Gasteiger partial charge in [0.15, 0.2) is 0 Å². The number of hydrogen-bond donors (Lipinski definition) is 4. The number of aliphatic hydroxyl groups excluding tert-OH is 4. The number of rotatable bonds is 17. The molecular formula is C24H44O7. The first-order chi connectivity index (χ1) is 15.0. The van der Waals surface area contributed by atoms with Crippen LogP contribution in [-0.2, 0) is 14.3 Å². The summed E-state index contributed by atoms with van der Waals surface area (Å²) in [6.45, 7) is 1.69. The zero-order valence-corrected chi connectivity index (χ0v) is 19.2. The normalized spacial score (nSPS) is 26.4. The van der Waals surface area contributed by atoms with Crippen LogP contribution in [-0.4, -0.2) is 63.7 Å². The van der Waals surface area contributed by atoms with E-state index in [2.05, 4.69) is 19.1 Å². The standard InChI is InChI=1S/C24H44O7/c1-2-3-4-5-6-7-8-9-10-11-12-13-14-15-16-17-20(26)31-24-23(29)22(28)21(27)19(18-25)30-24/h9-10,19,21-25,27-29H,2-8,11-18H2,1H3/b10-9-/t19-,21-,22+,23+,24-/m1/s1. The summed E-state index contributed by atoms with van der Waals surface area (Å²) < 4.78 is 10.2. The molecule has 0 aliphatic carbocycles. The molecule has 182 valence electrons. The number of carbonyl (C=O) groups excluding carboxylic acids is 1. The van der Waals surface area contributed by atoms with Gasteiger partial charge in [-0.25, -0.2) is 0 Å². The molecule has 1 aliphatic rings. The van der Waals surface area contributed by atoms with Gasteiger partial charge in [-0.3, -0.25) is 4.79 Å². The van der Waals surface area contributed by atoms with Gasteiger partial charge < -0.3 is 29.9 Å². The van der Waals surface area contributed by atoms with Crippen LogP contribution in [0, 0.1) is 0 Å². The van der Waals surface area contributed by atoms with Crippen LogP contribution >= 0.6 is 0 Å². The molecule has 7 heteroatoms. The monoisotopic (exact) mass is 444 g/mol. The maximum absolute atomic E-state index is 11.9. The highest BCUT2D eigenvalue weighted by Gasteiger charge is 2.45. The molecule has 1 rings (SSSR count). The van der Waals surface area contributed by atoms with Crippen LogP contribution in [0.3, 0.4) is 0 Å². The summed E-state index contributed by atoms with van der Waals surface area (Å²) in [7, 11) is 0. The topological polar surface area (TPSA) is 116 Å². The molecule has 0 aromatic carbocycles. The summed E-state index contributed by atoms with van der Waals surface area (Å²) in [4.78, 5) is 11.9. The van der Waals surface area contributed by atoms with Crippen LogP contribution in [0.25, 0.3) is 0 Å². The lowest BCUT2D eigenvalue weighted by atomic mass is 9.99. The molecule has 0 aromatic heterocycles. The summed E-state index contributed by atoms with van der Waals surface area (Å²) in [6.07, 6.45) is 13.0. The third-order valence-corrected chi connectivity index (χ3v) is 5.74. The maximum atomic E-state index is 11.9. The second-order valence-corrected chi connectivity index (χ2v) is 8.52. The number of allylic oxidation sites excluding steroid dienone is 2. The Morgan fingerprint density at radius 2 is 1.35 bits per heavy atom. The van der Waals surface area contributed by atoms with Crippen molar-refractivity contribution in [3.8, 4) is 0 Å². The van der Waals surface area contributed by atoms with E-state index < -0.39 is 43.3 Å². The van der Waals surface area contributed by atoms with E-state index in [4.69, 9.17) is 14.6 Å². The van der Waals surface area contributed by atoms with Crippen LogP contribution in [0.4, 0.5) is 0 Å². The largest absolute Gasteiger partial charge is 0.433 e. The number of carbonyl (C=O) groups is 1. The quantitative estimate of drug-likeness (QED) is 0.154. The fourth-order valence-corrected chi connectivity index (χ4v) is 3.69. The van der Waals surface area contributed by atoms with Crippen LogP contribution in [0.1, 0.15) is 96.8 Å². The van der Waals surface area contributed by atoms with E-state index in [0.29, 0.717) is 6.42 Å². The van der Waals surface area contributed by atoms with Gasteiger partial charge in [-0.05, 0) is 32.1 Å². The molecule has 1 saturated heterocycles. The van der Waals surface area contributed by atoms with Crippen molar-refractivity contribution in [3.05, 3.63) is 12.2 Å². The second-order valence-electron chi connectivity index (χ2n) is 8.52. The molecule has 0 radical (unpaired) electrons. The molecule has 0 aromatic rings. The van der Waals surface area contributed by atoms with E-state index in [0.717, 1.165) is 32.1 Å². The fourth-order valence-electron chi connectivity index (χ4n) is 3.69. The Kier molecular flexibility index (Phi) is 15.9. The van der Waals surface area contributed by atoms with Gasteiger partial charge in [-0.15, -0.1) is 0 Å². The van der Waals surface area contributed by atoms with Crippen LogP contribution < -0.4 is 0 Å². The number of ether oxygens (including phenoxy) is 2. The van der Waals surface area contributed by atoms with Crippen LogP contribution in [0.5, 0.6) is 0 Å². The molecule has 1 fully saturated rings. The van der Waals surface area contributed by atoms with Crippen molar-refractivity contribution >= 4 is 5.97 Å². The highest BCUT2D eigenvalue weighted by Crippen LogP contribution is 2.22. The Labute approximate surface area is 187 Å². The van der Waals surface area contributed by atoms with Gasteiger partial charge in [0.2, 0.25) is 6.29 Å². The molecule has 0 spiro atoms. The third-order valence-electron chi connectivity index (χ3n) is 5.74. The minimum atomic E-state index is -1.55. The molecule has 5 atom stereocenters. The number of esters is 1. The first kappa shape index (κ1) is 28.0. The zero-order valence-electron chi connectivity index (χ0n) is 19.2. The summed E-state index contributed by atoms with van der Waals surface area (Å²) >= 11 is 0. The van der Waals surface area contributed by atoms with Gasteiger partial charge >= 0.3 is 5.97 Å². The van der Waals surface area contributed by atoms with Crippen molar-refractivity contribution < 1.29 is 34.7 Å². The van der Waals surface area contributed by atoms with Crippen molar-refractivity contribution in [2.75, 3.05) is 6.61 Å². The summed E-state index contributed by atoms with van der Waals surface area (Å²) in [5.41, 5.74) is 0. The molecule has 0 unspecified atom stereocenters. The van der Waals surface area contributed by atoms with Gasteiger partial charge in [-0.1, -0.05) is 70.4 Å². The summed E-state index contributed by atoms with van der Waals surface area (Å²) in [6, 6.07) is 0. The Morgan fingerprint density at radius 3 is 1.94 bits per heavy atom. The van der Waals surface area contributed by atoms with E-state index in [1.165, 1.54) is 44.9 Å². The molecule has 0 saturated carbocycles. The maximum Gasteiger partial charge on any atom is 0.308 e. The number of aliphatic hydroxyl groups is 4. The summed E-state index contributed by atoms with van der Waals surface area (Å²) in [5, 5.41) is 38.5. The smallest absolute Gasteiger partial charge is 0.308 e. The fraction of sp³-hybridized carbons (Fsp3) is 0.875. The number of unbranched alkanes of at least 4 members (excludes halogenated alkanes) is 11. The highest BCUT2D eigenvalue weighted by molar-refractivity contribution is 5.69. The molecule has 0 bridgehead atoms. The predicted octanol–water partition coefficient (Wildman–Crippen LogP) is 3.37. The Bertz CT molecular complexity index is 481. The average molecular weight is 445 g/mol. The van der Waals surface area contributed by atoms with E-state index in [1.807, 2.05) is 0 Å². The Balaban J connectivity index is 1.99. The molecule has 4 N–H and O–H groups in total. The molecular weight excluding hydrogens is 400 g/mol. The van der Waals surface area contributed by atoms with Crippen LogP contribution in [0.2, 0.25) is 0 Å². The first-order valence-corrected chi connectivity index (χ1v) is 12.2. The van der Waals surface area contributed by atoms with Gasteiger partial charge in [-0.2, -0.15) is 0 Å². The highest BCUT2D eigenvalue weighted by atomic mass is 16.7. The zero-order chi connectivity index (χ0) is 22.9. The Morgan fingerprint density at radius 1 is 0.806 bits per heavy atom. The lowest BCUT2D eigenvalue weighted by Crippen LogP contribution is -2.59. The average Bonchev–Trinajstić information content (AvgIpc) is 2.76. The number of hydrogen-bond acceptors (Lipinski definition) is 7. The first-order valence-electron chi connectivity index (χ1n) is 12.2. The van der Waals surface area contributed by atoms with Gasteiger partial charge in [0, 0.05) is 6.42 Å². The van der Waals surface area contributed by atoms with E-state index >= 15 is 0 Å². The molecule has 0 amide bonds. The predicted molar refractivity (Wildman–Crippen MR) is 119 cm³/mol. The minimum Gasteiger partial charge on any atom is -0.433 e. The van der Waals surface area contributed by atoms with Gasteiger partial charge in [0.05, 0.1) is 6.61 Å². The van der Waals surface area contributed by atoms with Gasteiger partial charge in [0.1, 0.15) is 24.4 Å². The Hall–Kier alpha value is -0.990. The minimum absolute atomic E-state index is 0.202. The van der Waals surface area contributed by atoms with Crippen molar-refractivity contribution in [2.45, 2.75) is 128 Å². The molecule has 1 aliphatic heterocycles. The molecule has 31 heavy (non-hydrogen) atoms. The van der Waals surface area contributed by atoms with Crippen LogP contribution in [0.15, 0.2) is 12.2 Å². The third kappa shape index (κ3) is 12.0. The van der Waals surface area contributed by atoms with E-state index in [1.54, 1.807) is 0 Å².